The fourth-order valence-corrected chi connectivity index (χ4v) is 4.70. The molecule has 1 amide bonds. The van der Waals surface area contributed by atoms with Crippen molar-refractivity contribution >= 4 is 27.3 Å². The third kappa shape index (κ3) is 4.69. The minimum atomic E-state index is -3.69. The topological polar surface area (TPSA) is 75.3 Å². The molecule has 0 heterocycles. The molecule has 5 nitrogen and oxygen atoms in total. The Labute approximate surface area is 161 Å². The molecule has 0 unspecified atom stereocenters. The van der Waals surface area contributed by atoms with Crippen LogP contribution >= 0.6 is 0 Å². The summed E-state index contributed by atoms with van der Waals surface area (Å²) in [6.07, 6.45) is 5.25. The highest BCUT2D eigenvalue weighted by atomic mass is 32.2. The van der Waals surface area contributed by atoms with Gasteiger partial charge in [-0.05, 0) is 62.1 Å². The lowest BCUT2D eigenvalue weighted by molar-refractivity contribution is -0.120. The standard InChI is InChI=1S/C21H26N2O3S/c1-15-7-6-8-16(2)20(15)23-27(25,26)19-13-11-18(12-14-19)22-21(24)17-9-4-3-5-10-17/h6-8,11-14,17,23H,3-5,9-10H2,1-2H3,(H,22,24). The van der Waals surface area contributed by atoms with Crippen molar-refractivity contribution in [2.24, 2.45) is 5.92 Å². The van der Waals surface area contributed by atoms with Crippen LogP contribution in [-0.4, -0.2) is 14.3 Å². The van der Waals surface area contributed by atoms with E-state index in [2.05, 4.69) is 10.0 Å². The van der Waals surface area contributed by atoms with E-state index in [0.717, 1.165) is 36.8 Å². The van der Waals surface area contributed by atoms with Gasteiger partial charge in [0.15, 0.2) is 0 Å². The number of aryl methyl sites for hydroxylation is 2. The van der Waals surface area contributed by atoms with Crippen LogP contribution in [0.4, 0.5) is 11.4 Å². The van der Waals surface area contributed by atoms with Crippen molar-refractivity contribution < 1.29 is 13.2 Å². The Morgan fingerprint density at radius 3 is 2.11 bits per heavy atom. The maximum absolute atomic E-state index is 12.7. The van der Waals surface area contributed by atoms with Crippen LogP contribution in [0, 0.1) is 19.8 Å². The summed E-state index contributed by atoms with van der Waals surface area (Å²) < 4.78 is 28.0. The van der Waals surface area contributed by atoms with Crippen molar-refractivity contribution in [1.82, 2.24) is 0 Å². The highest BCUT2D eigenvalue weighted by Crippen LogP contribution is 2.26. The van der Waals surface area contributed by atoms with Gasteiger partial charge in [0.1, 0.15) is 0 Å². The lowest BCUT2D eigenvalue weighted by Gasteiger charge is -2.20. The largest absolute Gasteiger partial charge is 0.326 e. The van der Waals surface area contributed by atoms with E-state index in [1.165, 1.54) is 18.6 Å². The van der Waals surface area contributed by atoms with Gasteiger partial charge < -0.3 is 5.32 Å². The van der Waals surface area contributed by atoms with Gasteiger partial charge in [-0.3, -0.25) is 9.52 Å². The lowest BCUT2D eigenvalue weighted by atomic mass is 9.88. The maximum atomic E-state index is 12.7. The van der Waals surface area contributed by atoms with Gasteiger partial charge in [-0.1, -0.05) is 37.5 Å². The molecule has 0 atom stereocenters. The van der Waals surface area contributed by atoms with E-state index >= 15 is 0 Å². The molecule has 6 heteroatoms. The van der Waals surface area contributed by atoms with E-state index in [-0.39, 0.29) is 16.7 Å². The number of sulfonamides is 1. The molecule has 1 saturated carbocycles. The normalized spacial score (nSPS) is 15.3. The zero-order valence-electron chi connectivity index (χ0n) is 15.8. The minimum absolute atomic E-state index is 0.0268. The molecule has 144 valence electrons. The van der Waals surface area contributed by atoms with Gasteiger partial charge in [-0.25, -0.2) is 8.42 Å². The van der Waals surface area contributed by atoms with Crippen LogP contribution in [0.1, 0.15) is 43.2 Å². The molecule has 1 fully saturated rings. The molecule has 3 rings (SSSR count). The summed E-state index contributed by atoms with van der Waals surface area (Å²) in [6, 6.07) is 12.0. The number of carbonyl (C=O) groups excluding carboxylic acids is 1. The Kier molecular flexibility index (Phi) is 5.85. The smallest absolute Gasteiger partial charge is 0.261 e. The summed E-state index contributed by atoms with van der Waals surface area (Å²) >= 11 is 0. The van der Waals surface area contributed by atoms with Gasteiger partial charge in [0.05, 0.1) is 10.6 Å². The Morgan fingerprint density at radius 2 is 1.52 bits per heavy atom. The Balaban J connectivity index is 1.71. The average Bonchev–Trinajstić information content (AvgIpc) is 2.66. The molecule has 0 spiro atoms. The zero-order valence-corrected chi connectivity index (χ0v) is 16.6. The van der Waals surface area contributed by atoms with Gasteiger partial charge in [0.2, 0.25) is 5.91 Å². The number of benzene rings is 2. The Morgan fingerprint density at radius 1 is 0.926 bits per heavy atom. The molecular formula is C21H26N2O3S. The molecule has 0 aromatic heterocycles. The first-order valence-corrected chi connectivity index (χ1v) is 10.8. The van der Waals surface area contributed by atoms with E-state index in [1.807, 2.05) is 32.0 Å². The zero-order chi connectivity index (χ0) is 19.4. The summed E-state index contributed by atoms with van der Waals surface area (Å²) in [5, 5.41) is 2.90. The summed E-state index contributed by atoms with van der Waals surface area (Å²) in [6.45, 7) is 3.74. The van der Waals surface area contributed by atoms with E-state index in [0.29, 0.717) is 11.4 Å². The number of carbonyl (C=O) groups is 1. The lowest BCUT2D eigenvalue weighted by Crippen LogP contribution is -2.24. The second-order valence-electron chi connectivity index (χ2n) is 7.22. The molecule has 0 aliphatic heterocycles. The number of amides is 1. The van der Waals surface area contributed by atoms with Crippen molar-refractivity contribution in [3.63, 3.8) is 0 Å². The minimum Gasteiger partial charge on any atom is -0.326 e. The predicted octanol–water partition coefficient (Wildman–Crippen LogP) is 4.62. The summed E-state index contributed by atoms with van der Waals surface area (Å²) in [5.41, 5.74) is 2.97. The van der Waals surface area contributed by atoms with Gasteiger partial charge >= 0.3 is 0 Å². The van der Waals surface area contributed by atoms with Gasteiger partial charge in [-0.2, -0.15) is 0 Å². The first-order valence-electron chi connectivity index (χ1n) is 9.37. The summed E-state index contributed by atoms with van der Waals surface area (Å²) in [7, 11) is -3.69. The molecule has 2 aromatic rings. The molecule has 2 N–H and O–H groups in total. The van der Waals surface area contributed by atoms with E-state index in [4.69, 9.17) is 0 Å². The molecule has 1 aliphatic rings. The molecule has 1 aliphatic carbocycles. The first kappa shape index (κ1) is 19.4. The van der Waals surface area contributed by atoms with Crippen LogP contribution in [0.25, 0.3) is 0 Å². The highest BCUT2D eigenvalue weighted by Gasteiger charge is 2.21. The number of hydrogen-bond acceptors (Lipinski definition) is 3. The van der Waals surface area contributed by atoms with Crippen LogP contribution in [0.5, 0.6) is 0 Å². The maximum Gasteiger partial charge on any atom is 0.261 e. The predicted molar refractivity (Wildman–Crippen MR) is 108 cm³/mol. The summed E-state index contributed by atoms with van der Waals surface area (Å²) in [4.78, 5) is 12.5. The van der Waals surface area contributed by atoms with Crippen LogP contribution < -0.4 is 10.0 Å². The third-order valence-corrected chi connectivity index (χ3v) is 6.49. The third-order valence-electron chi connectivity index (χ3n) is 5.13. The quantitative estimate of drug-likeness (QED) is 0.787. The average molecular weight is 387 g/mol. The number of nitrogens with one attached hydrogen (secondary N) is 2. The van der Waals surface area contributed by atoms with E-state index in [9.17, 15) is 13.2 Å². The van der Waals surface area contributed by atoms with E-state index in [1.54, 1.807) is 12.1 Å². The van der Waals surface area contributed by atoms with Crippen LogP contribution in [0.3, 0.4) is 0 Å². The fourth-order valence-electron chi connectivity index (χ4n) is 3.50. The number of para-hydroxylation sites is 1. The van der Waals surface area contributed by atoms with Crippen molar-refractivity contribution in [2.75, 3.05) is 10.0 Å². The summed E-state index contributed by atoms with van der Waals surface area (Å²) in [5.74, 6) is 0.0897. The fraction of sp³-hybridized carbons (Fsp3) is 0.381. The second kappa shape index (κ2) is 8.13. The molecule has 0 saturated heterocycles. The van der Waals surface area contributed by atoms with Crippen molar-refractivity contribution in [3.8, 4) is 0 Å². The van der Waals surface area contributed by atoms with Gasteiger partial charge in [0.25, 0.3) is 10.0 Å². The Bertz CT molecular complexity index is 895. The first-order chi connectivity index (χ1) is 12.9. The highest BCUT2D eigenvalue weighted by molar-refractivity contribution is 7.92. The van der Waals surface area contributed by atoms with Crippen molar-refractivity contribution in [1.29, 1.82) is 0 Å². The van der Waals surface area contributed by atoms with Crippen molar-refractivity contribution in [2.45, 2.75) is 50.8 Å². The number of hydrogen-bond donors (Lipinski definition) is 2. The van der Waals surface area contributed by atoms with Crippen molar-refractivity contribution in [3.05, 3.63) is 53.6 Å². The number of anilines is 2. The molecule has 2 aromatic carbocycles. The monoisotopic (exact) mass is 386 g/mol. The Hall–Kier alpha value is -2.34. The number of rotatable bonds is 5. The molecule has 0 bridgehead atoms. The van der Waals surface area contributed by atoms with Gasteiger partial charge in [-0.15, -0.1) is 0 Å². The van der Waals surface area contributed by atoms with Crippen LogP contribution in [0.15, 0.2) is 47.4 Å². The van der Waals surface area contributed by atoms with Crippen LogP contribution in [0.2, 0.25) is 0 Å². The molecular weight excluding hydrogens is 360 g/mol. The second-order valence-corrected chi connectivity index (χ2v) is 8.90. The van der Waals surface area contributed by atoms with Gasteiger partial charge in [0, 0.05) is 11.6 Å². The van der Waals surface area contributed by atoms with Crippen LogP contribution in [-0.2, 0) is 14.8 Å². The SMILES string of the molecule is Cc1cccc(C)c1NS(=O)(=O)c1ccc(NC(=O)C2CCCCC2)cc1. The molecule has 0 radical (unpaired) electrons. The molecule has 27 heavy (non-hydrogen) atoms. The van der Waals surface area contributed by atoms with E-state index < -0.39 is 10.0 Å².